The van der Waals surface area contributed by atoms with Crippen molar-refractivity contribution < 1.29 is 14.6 Å². The fraction of sp³-hybridized carbons (Fsp3) is 0.500. The largest absolute Gasteiger partial charge is 0.497 e. The molecular formula is C12H19NO3. The number of rotatable bonds is 7. The van der Waals surface area contributed by atoms with Crippen LogP contribution in [0.4, 0.5) is 0 Å². The van der Waals surface area contributed by atoms with Crippen LogP contribution in [0.2, 0.25) is 0 Å². The maximum Gasteiger partial charge on any atom is 0.119 e. The Morgan fingerprint density at radius 1 is 1.25 bits per heavy atom. The summed E-state index contributed by atoms with van der Waals surface area (Å²) in [5.41, 5.74) is 0. The van der Waals surface area contributed by atoms with E-state index in [9.17, 15) is 5.11 Å². The molecule has 0 fully saturated rings. The van der Waals surface area contributed by atoms with Crippen molar-refractivity contribution >= 4 is 0 Å². The summed E-state index contributed by atoms with van der Waals surface area (Å²) in [4.78, 5) is 0. The van der Waals surface area contributed by atoms with Gasteiger partial charge in [-0.1, -0.05) is 6.92 Å². The smallest absolute Gasteiger partial charge is 0.119 e. The Bertz CT molecular complexity index is 287. The molecule has 4 nitrogen and oxygen atoms in total. The fourth-order valence-electron chi connectivity index (χ4n) is 1.23. The zero-order chi connectivity index (χ0) is 11.8. The van der Waals surface area contributed by atoms with Crippen molar-refractivity contribution in [3.05, 3.63) is 24.3 Å². The molecule has 0 aromatic heterocycles. The lowest BCUT2D eigenvalue weighted by Crippen LogP contribution is -2.31. The average molecular weight is 225 g/mol. The molecule has 1 rings (SSSR count). The molecule has 0 bridgehead atoms. The Morgan fingerprint density at radius 3 is 2.44 bits per heavy atom. The van der Waals surface area contributed by atoms with Gasteiger partial charge in [-0.05, 0) is 30.8 Å². The predicted molar refractivity (Wildman–Crippen MR) is 63.0 cm³/mol. The quantitative estimate of drug-likeness (QED) is 0.728. The molecule has 1 aromatic carbocycles. The minimum absolute atomic E-state index is 0.291. The fourth-order valence-corrected chi connectivity index (χ4v) is 1.23. The summed E-state index contributed by atoms with van der Waals surface area (Å²) in [6.07, 6.45) is -0.484. The van der Waals surface area contributed by atoms with E-state index in [0.717, 1.165) is 18.0 Å². The first kappa shape index (κ1) is 12.8. The second-order valence-electron chi connectivity index (χ2n) is 3.45. The van der Waals surface area contributed by atoms with Gasteiger partial charge in [0.1, 0.15) is 24.2 Å². The maximum absolute atomic E-state index is 9.53. The van der Waals surface area contributed by atoms with Crippen molar-refractivity contribution in [2.24, 2.45) is 0 Å². The van der Waals surface area contributed by atoms with Gasteiger partial charge in [0, 0.05) is 6.54 Å². The van der Waals surface area contributed by atoms with Crippen LogP contribution in [0.25, 0.3) is 0 Å². The van der Waals surface area contributed by atoms with Gasteiger partial charge in [0.15, 0.2) is 0 Å². The zero-order valence-electron chi connectivity index (χ0n) is 9.77. The van der Waals surface area contributed by atoms with Crippen molar-refractivity contribution in [3.63, 3.8) is 0 Å². The highest BCUT2D eigenvalue weighted by atomic mass is 16.5. The number of benzene rings is 1. The lowest BCUT2D eigenvalue weighted by molar-refractivity contribution is 0.107. The first-order valence-corrected chi connectivity index (χ1v) is 5.42. The Labute approximate surface area is 96.2 Å². The average Bonchev–Trinajstić information content (AvgIpc) is 2.34. The SMILES string of the molecule is CCNCC(O)COc1ccc(OC)cc1. The van der Waals surface area contributed by atoms with Crippen molar-refractivity contribution in [2.45, 2.75) is 13.0 Å². The molecule has 0 aliphatic rings. The van der Waals surface area contributed by atoms with Crippen LogP contribution in [0.5, 0.6) is 11.5 Å². The predicted octanol–water partition coefficient (Wildman–Crippen LogP) is 1.04. The third-order valence-corrected chi connectivity index (χ3v) is 2.13. The Balaban J connectivity index is 2.30. The maximum atomic E-state index is 9.53. The van der Waals surface area contributed by atoms with Crippen molar-refractivity contribution in [3.8, 4) is 11.5 Å². The van der Waals surface area contributed by atoms with Gasteiger partial charge >= 0.3 is 0 Å². The molecular weight excluding hydrogens is 206 g/mol. The number of aliphatic hydroxyl groups is 1. The van der Waals surface area contributed by atoms with Crippen LogP contribution < -0.4 is 14.8 Å². The van der Waals surface area contributed by atoms with Crippen LogP contribution in [0.1, 0.15) is 6.92 Å². The topological polar surface area (TPSA) is 50.7 Å². The molecule has 0 heterocycles. The molecule has 0 saturated heterocycles. The number of methoxy groups -OCH3 is 1. The summed E-state index contributed by atoms with van der Waals surface area (Å²) in [6, 6.07) is 7.29. The van der Waals surface area contributed by atoms with Gasteiger partial charge < -0.3 is 19.9 Å². The summed E-state index contributed by atoms with van der Waals surface area (Å²) in [5, 5.41) is 12.6. The minimum Gasteiger partial charge on any atom is -0.497 e. The van der Waals surface area contributed by atoms with Gasteiger partial charge in [0.05, 0.1) is 7.11 Å². The van der Waals surface area contributed by atoms with E-state index in [4.69, 9.17) is 9.47 Å². The molecule has 16 heavy (non-hydrogen) atoms. The number of nitrogens with one attached hydrogen (secondary N) is 1. The summed E-state index contributed by atoms with van der Waals surface area (Å²) >= 11 is 0. The third kappa shape index (κ3) is 4.51. The second kappa shape index (κ2) is 7.09. The van der Waals surface area contributed by atoms with Gasteiger partial charge in [-0.25, -0.2) is 0 Å². The molecule has 1 atom stereocenters. The lowest BCUT2D eigenvalue weighted by atomic mass is 10.3. The van der Waals surface area contributed by atoms with E-state index in [0.29, 0.717) is 13.2 Å². The highest BCUT2D eigenvalue weighted by molar-refractivity contribution is 5.31. The lowest BCUT2D eigenvalue weighted by Gasteiger charge is -2.12. The first-order valence-electron chi connectivity index (χ1n) is 5.42. The number of hydrogen-bond donors (Lipinski definition) is 2. The van der Waals surface area contributed by atoms with E-state index in [2.05, 4.69) is 5.32 Å². The molecule has 90 valence electrons. The third-order valence-electron chi connectivity index (χ3n) is 2.13. The van der Waals surface area contributed by atoms with Crippen LogP contribution in [0, 0.1) is 0 Å². The standard InChI is InChI=1S/C12H19NO3/c1-3-13-8-10(14)9-16-12-6-4-11(15-2)5-7-12/h4-7,10,13-14H,3,8-9H2,1-2H3. The van der Waals surface area contributed by atoms with E-state index < -0.39 is 6.10 Å². The minimum atomic E-state index is -0.484. The van der Waals surface area contributed by atoms with Gasteiger partial charge in [-0.2, -0.15) is 0 Å². The number of ether oxygens (including phenoxy) is 2. The van der Waals surface area contributed by atoms with Gasteiger partial charge in [0.25, 0.3) is 0 Å². The molecule has 0 radical (unpaired) electrons. The Morgan fingerprint density at radius 2 is 1.88 bits per heavy atom. The van der Waals surface area contributed by atoms with Gasteiger partial charge in [0.2, 0.25) is 0 Å². The molecule has 0 aliphatic carbocycles. The van der Waals surface area contributed by atoms with Crippen molar-refractivity contribution in [1.82, 2.24) is 5.32 Å². The number of likely N-dealkylation sites (N-methyl/N-ethyl adjacent to an activating group) is 1. The summed E-state index contributed by atoms with van der Waals surface area (Å²) < 4.78 is 10.5. The van der Waals surface area contributed by atoms with E-state index in [1.54, 1.807) is 7.11 Å². The van der Waals surface area contributed by atoms with E-state index in [1.807, 2.05) is 31.2 Å². The van der Waals surface area contributed by atoms with Crippen LogP contribution in [-0.2, 0) is 0 Å². The van der Waals surface area contributed by atoms with E-state index >= 15 is 0 Å². The van der Waals surface area contributed by atoms with Crippen molar-refractivity contribution in [1.29, 1.82) is 0 Å². The highest BCUT2D eigenvalue weighted by Gasteiger charge is 2.04. The molecule has 1 aromatic rings. The molecule has 1 unspecified atom stereocenters. The van der Waals surface area contributed by atoms with Crippen LogP contribution in [-0.4, -0.2) is 38.0 Å². The molecule has 0 aliphatic heterocycles. The number of aliphatic hydroxyl groups excluding tert-OH is 1. The monoisotopic (exact) mass is 225 g/mol. The van der Waals surface area contributed by atoms with E-state index in [-0.39, 0.29) is 0 Å². The van der Waals surface area contributed by atoms with Crippen LogP contribution in [0.3, 0.4) is 0 Å². The molecule has 0 spiro atoms. The molecule has 0 amide bonds. The Hall–Kier alpha value is -1.26. The van der Waals surface area contributed by atoms with Gasteiger partial charge in [-0.3, -0.25) is 0 Å². The van der Waals surface area contributed by atoms with E-state index in [1.165, 1.54) is 0 Å². The van der Waals surface area contributed by atoms with Crippen LogP contribution in [0.15, 0.2) is 24.3 Å². The second-order valence-corrected chi connectivity index (χ2v) is 3.45. The summed E-state index contributed by atoms with van der Waals surface area (Å²) in [5.74, 6) is 1.52. The van der Waals surface area contributed by atoms with Crippen LogP contribution >= 0.6 is 0 Å². The molecule has 4 heteroatoms. The van der Waals surface area contributed by atoms with Crippen molar-refractivity contribution in [2.75, 3.05) is 26.8 Å². The highest BCUT2D eigenvalue weighted by Crippen LogP contribution is 2.16. The normalized spacial score (nSPS) is 12.2. The number of hydrogen-bond acceptors (Lipinski definition) is 4. The molecule has 0 saturated carbocycles. The molecule has 2 N–H and O–H groups in total. The summed E-state index contributed by atoms with van der Waals surface area (Å²) in [7, 11) is 1.62. The Kier molecular flexibility index (Phi) is 5.67. The first-order chi connectivity index (χ1) is 7.76. The summed E-state index contributed by atoms with van der Waals surface area (Å²) in [6.45, 7) is 3.68. The zero-order valence-corrected chi connectivity index (χ0v) is 9.77. The van der Waals surface area contributed by atoms with Gasteiger partial charge in [-0.15, -0.1) is 0 Å².